The topological polar surface area (TPSA) is 56.7 Å². The SMILES string of the molecule is Cc1nn(-c2ccncc2N)cc1Cl. The molecule has 0 aliphatic rings. The number of hydrogen-bond acceptors (Lipinski definition) is 3. The van der Waals surface area contributed by atoms with Crippen LogP contribution in [0.25, 0.3) is 5.69 Å². The summed E-state index contributed by atoms with van der Waals surface area (Å²) in [4.78, 5) is 3.90. The molecule has 0 saturated heterocycles. The minimum atomic E-state index is 0.576. The summed E-state index contributed by atoms with van der Waals surface area (Å²) in [6.07, 6.45) is 4.97. The van der Waals surface area contributed by atoms with E-state index in [-0.39, 0.29) is 0 Å². The number of nitrogen functional groups attached to an aromatic ring is 1. The zero-order valence-electron chi connectivity index (χ0n) is 7.61. The molecular formula is C9H9ClN4. The van der Waals surface area contributed by atoms with Gasteiger partial charge in [0.25, 0.3) is 0 Å². The molecule has 0 bridgehead atoms. The standard InChI is InChI=1S/C9H9ClN4/c1-6-7(10)5-14(13-6)9-2-3-12-4-8(9)11/h2-5H,11H2,1H3. The Balaban J connectivity index is 2.55. The number of anilines is 1. The van der Waals surface area contributed by atoms with Crippen LogP contribution in [0, 0.1) is 6.92 Å². The van der Waals surface area contributed by atoms with Crippen molar-refractivity contribution >= 4 is 17.3 Å². The highest BCUT2D eigenvalue weighted by Gasteiger charge is 2.05. The van der Waals surface area contributed by atoms with Gasteiger partial charge in [-0.15, -0.1) is 0 Å². The van der Waals surface area contributed by atoms with Crippen molar-refractivity contribution in [1.29, 1.82) is 0 Å². The van der Waals surface area contributed by atoms with E-state index in [1.54, 1.807) is 29.3 Å². The molecule has 2 aromatic heterocycles. The molecule has 2 N–H and O–H groups in total. The Bertz CT molecular complexity index is 444. The summed E-state index contributed by atoms with van der Waals surface area (Å²) in [5.41, 5.74) is 7.89. The first-order chi connectivity index (χ1) is 6.68. The van der Waals surface area contributed by atoms with E-state index in [0.717, 1.165) is 11.4 Å². The smallest absolute Gasteiger partial charge is 0.0906 e. The fraction of sp³-hybridized carbons (Fsp3) is 0.111. The van der Waals surface area contributed by atoms with E-state index in [4.69, 9.17) is 17.3 Å². The van der Waals surface area contributed by atoms with Crippen LogP contribution in [0.15, 0.2) is 24.7 Å². The maximum atomic E-state index is 5.89. The van der Waals surface area contributed by atoms with Gasteiger partial charge in [-0.05, 0) is 13.0 Å². The zero-order valence-corrected chi connectivity index (χ0v) is 8.36. The van der Waals surface area contributed by atoms with Crippen molar-refractivity contribution in [3.05, 3.63) is 35.4 Å². The number of hydrogen-bond donors (Lipinski definition) is 1. The Labute approximate surface area is 86.3 Å². The second-order valence-corrected chi connectivity index (χ2v) is 3.35. The number of rotatable bonds is 1. The van der Waals surface area contributed by atoms with Gasteiger partial charge >= 0.3 is 0 Å². The number of nitrogens with zero attached hydrogens (tertiary/aromatic N) is 3. The van der Waals surface area contributed by atoms with Gasteiger partial charge in [0, 0.05) is 12.4 Å². The van der Waals surface area contributed by atoms with Crippen molar-refractivity contribution in [2.24, 2.45) is 0 Å². The summed E-state index contributed by atoms with van der Waals surface area (Å²) in [6.45, 7) is 1.84. The number of aromatic nitrogens is 3. The first-order valence-corrected chi connectivity index (χ1v) is 4.48. The molecule has 72 valence electrons. The molecule has 4 nitrogen and oxygen atoms in total. The Morgan fingerprint density at radius 2 is 2.29 bits per heavy atom. The van der Waals surface area contributed by atoms with Gasteiger partial charge in [-0.25, -0.2) is 4.68 Å². The average Bonchev–Trinajstić information content (AvgIpc) is 2.48. The molecule has 0 atom stereocenters. The van der Waals surface area contributed by atoms with Crippen molar-refractivity contribution in [3.63, 3.8) is 0 Å². The van der Waals surface area contributed by atoms with Crippen LogP contribution in [0.2, 0.25) is 5.02 Å². The summed E-state index contributed by atoms with van der Waals surface area (Å²) < 4.78 is 1.65. The van der Waals surface area contributed by atoms with Crippen molar-refractivity contribution < 1.29 is 0 Å². The van der Waals surface area contributed by atoms with Crippen LogP contribution in [0.1, 0.15) is 5.69 Å². The maximum Gasteiger partial charge on any atom is 0.0906 e. The molecule has 5 heteroatoms. The van der Waals surface area contributed by atoms with E-state index in [1.807, 2.05) is 6.92 Å². The van der Waals surface area contributed by atoms with Gasteiger partial charge in [-0.1, -0.05) is 11.6 Å². The van der Waals surface area contributed by atoms with Crippen LogP contribution in [-0.2, 0) is 0 Å². The summed E-state index contributed by atoms with van der Waals surface area (Å²) in [5.74, 6) is 0. The molecule has 0 spiro atoms. The highest BCUT2D eigenvalue weighted by molar-refractivity contribution is 6.31. The van der Waals surface area contributed by atoms with Gasteiger partial charge in [0.15, 0.2) is 0 Å². The first-order valence-electron chi connectivity index (χ1n) is 4.10. The Morgan fingerprint density at radius 1 is 1.50 bits per heavy atom. The zero-order chi connectivity index (χ0) is 10.1. The van der Waals surface area contributed by atoms with Crippen molar-refractivity contribution in [3.8, 4) is 5.69 Å². The molecule has 2 rings (SSSR count). The second-order valence-electron chi connectivity index (χ2n) is 2.94. The van der Waals surface area contributed by atoms with Crippen LogP contribution in [0.4, 0.5) is 5.69 Å². The predicted molar refractivity (Wildman–Crippen MR) is 55.5 cm³/mol. The van der Waals surface area contributed by atoms with Gasteiger partial charge < -0.3 is 5.73 Å². The minimum Gasteiger partial charge on any atom is -0.396 e. The fourth-order valence-electron chi connectivity index (χ4n) is 1.17. The summed E-state index contributed by atoms with van der Waals surface area (Å²) >= 11 is 5.89. The molecule has 2 aromatic rings. The van der Waals surface area contributed by atoms with Gasteiger partial charge in [-0.2, -0.15) is 5.10 Å². The van der Waals surface area contributed by atoms with Crippen molar-refractivity contribution in [2.75, 3.05) is 5.73 Å². The van der Waals surface area contributed by atoms with E-state index in [9.17, 15) is 0 Å². The van der Waals surface area contributed by atoms with Crippen molar-refractivity contribution in [2.45, 2.75) is 6.92 Å². The van der Waals surface area contributed by atoms with Crippen LogP contribution in [0.5, 0.6) is 0 Å². The summed E-state index contributed by atoms with van der Waals surface area (Å²) in [7, 11) is 0. The molecule has 0 radical (unpaired) electrons. The highest BCUT2D eigenvalue weighted by atomic mass is 35.5. The lowest BCUT2D eigenvalue weighted by Gasteiger charge is -2.03. The number of aryl methyl sites for hydroxylation is 1. The number of halogens is 1. The van der Waals surface area contributed by atoms with Gasteiger partial charge in [-0.3, -0.25) is 4.98 Å². The third kappa shape index (κ3) is 1.44. The van der Waals surface area contributed by atoms with Crippen LogP contribution < -0.4 is 5.73 Å². The minimum absolute atomic E-state index is 0.576. The molecular weight excluding hydrogens is 200 g/mol. The lowest BCUT2D eigenvalue weighted by Crippen LogP contribution is -2.00. The summed E-state index contributed by atoms with van der Waals surface area (Å²) in [6, 6.07) is 1.79. The molecule has 2 heterocycles. The molecule has 0 saturated carbocycles. The van der Waals surface area contributed by atoms with Crippen molar-refractivity contribution in [1.82, 2.24) is 14.8 Å². The van der Waals surface area contributed by atoms with E-state index in [1.165, 1.54) is 0 Å². The average molecular weight is 209 g/mol. The Morgan fingerprint density at radius 3 is 2.86 bits per heavy atom. The van der Waals surface area contributed by atoms with Gasteiger partial charge in [0.2, 0.25) is 0 Å². The lowest BCUT2D eigenvalue weighted by atomic mass is 10.3. The molecule has 0 aliphatic heterocycles. The van der Waals surface area contributed by atoms with E-state index < -0.39 is 0 Å². The third-order valence-electron chi connectivity index (χ3n) is 1.91. The second kappa shape index (κ2) is 3.31. The number of pyridine rings is 1. The molecule has 0 aliphatic carbocycles. The molecule has 0 unspecified atom stereocenters. The first kappa shape index (κ1) is 9.02. The normalized spacial score (nSPS) is 10.4. The monoisotopic (exact) mass is 208 g/mol. The van der Waals surface area contributed by atoms with Gasteiger partial charge in [0.1, 0.15) is 0 Å². The quantitative estimate of drug-likeness (QED) is 0.778. The Kier molecular flexibility index (Phi) is 2.13. The lowest BCUT2D eigenvalue weighted by molar-refractivity contribution is 0.862. The molecule has 0 fully saturated rings. The fourth-order valence-corrected chi connectivity index (χ4v) is 1.30. The van der Waals surface area contributed by atoms with Gasteiger partial charge in [0.05, 0.1) is 28.3 Å². The number of nitrogens with two attached hydrogens (primary N) is 1. The Hall–Kier alpha value is -1.55. The van der Waals surface area contributed by atoms with E-state index in [0.29, 0.717) is 10.7 Å². The predicted octanol–water partition coefficient (Wildman–Crippen LogP) is 1.81. The molecule has 14 heavy (non-hydrogen) atoms. The maximum absolute atomic E-state index is 5.89. The molecule has 0 aromatic carbocycles. The van der Waals surface area contributed by atoms with E-state index >= 15 is 0 Å². The highest BCUT2D eigenvalue weighted by Crippen LogP contribution is 2.19. The third-order valence-corrected chi connectivity index (χ3v) is 2.28. The summed E-state index contributed by atoms with van der Waals surface area (Å²) in [5, 5.41) is 4.84. The van der Waals surface area contributed by atoms with Crippen LogP contribution >= 0.6 is 11.6 Å². The van der Waals surface area contributed by atoms with Crippen LogP contribution in [0.3, 0.4) is 0 Å². The largest absolute Gasteiger partial charge is 0.396 e. The molecule has 0 amide bonds. The van der Waals surface area contributed by atoms with Crippen LogP contribution in [-0.4, -0.2) is 14.8 Å². The van der Waals surface area contributed by atoms with E-state index in [2.05, 4.69) is 10.1 Å².